The van der Waals surface area contributed by atoms with Crippen LogP contribution in [0.5, 0.6) is 0 Å². The SMILES string of the molecule is CC.CC(C)C1CCC(CCc2ccc3cc4c(nc3c2)NCC4)C1.CC1CC1.N=CN. The third kappa shape index (κ3) is 8.11. The molecule has 0 spiro atoms. The quantitative estimate of drug-likeness (QED) is 0.349. The Kier molecular flexibility index (Phi) is 11.0. The van der Waals surface area contributed by atoms with Gasteiger partial charge in [-0.1, -0.05) is 66.0 Å². The molecule has 2 saturated carbocycles. The normalized spacial score (nSPS) is 20.7. The van der Waals surface area contributed by atoms with E-state index in [1.54, 1.807) is 0 Å². The molecule has 4 N–H and O–H groups in total. The van der Waals surface area contributed by atoms with E-state index in [0.29, 0.717) is 0 Å². The molecule has 32 heavy (non-hydrogen) atoms. The van der Waals surface area contributed by atoms with Gasteiger partial charge in [0.1, 0.15) is 5.82 Å². The van der Waals surface area contributed by atoms with Crippen molar-refractivity contribution in [3.05, 3.63) is 35.4 Å². The molecule has 2 aliphatic carbocycles. The lowest BCUT2D eigenvalue weighted by Gasteiger charge is -2.14. The standard InChI is InChI=1S/C21H28N2.C4H8.C2H6.CH4N2/c1-14(2)17-7-5-15(11-17)3-4-16-6-8-18-13-19-9-10-22-21(19)23-20(18)12-16;1-4-2-3-4;1-2;2-1-3/h6,8,12-15,17H,3-5,7,9-11H2,1-2H3,(H,22,23);4H,2-3H2,1H3;1-2H3;1H,(H3,2,3). The van der Waals surface area contributed by atoms with Crippen molar-refractivity contribution < 1.29 is 0 Å². The van der Waals surface area contributed by atoms with Gasteiger partial charge in [0.05, 0.1) is 11.9 Å². The van der Waals surface area contributed by atoms with Gasteiger partial charge >= 0.3 is 0 Å². The molecule has 3 aliphatic rings. The van der Waals surface area contributed by atoms with Crippen molar-refractivity contribution >= 4 is 23.1 Å². The van der Waals surface area contributed by atoms with Crippen LogP contribution < -0.4 is 11.1 Å². The number of rotatable bonds is 4. The average molecular weight is 439 g/mol. The summed E-state index contributed by atoms with van der Waals surface area (Å²) in [4.78, 5) is 4.82. The van der Waals surface area contributed by atoms with Gasteiger partial charge in [-0.2, -0.15) is 0 Å². The van der Waals surface area contributed by atoms with E-state index < -0.39 is 0 Å². The zero-order valence-corrected chi connectivity index (χ0v) is 21.1. The van der Waals surface area contributed by atoms with Crippen LogP contribution in [0.25, 0.3) is 10.9 Å². The van der Waals surface area contributed by atoms with Crippen LogP contribution in [0.3, 0.4) is 0 Å². The molecule has 0 saturated heterocycles. The topological polar surface area (TPSA) is 74.8 Å². The number of benzene rings is 1. The van der Waals surface area contributed by atoms with Crippen LogP contribution in [0.1, 0.15) is 84.3 Å². The Morgan fingerprint density at radius 3 is 2.44 bits per heavy atom. The highest BCUT2D eigenvalue weighted by Gasteiger charge is 2.26. The van der Waals surface area contributed by atoms with Crippen LogP contribution in [-0.4, -0.2) is 17.9 Å². The molecule has 2 fully saturated rings. The lowest BCUT2D eigenvalue weighted by molar-refractivity contribution is 0.373. The van der Waals surface area contributed by atoms with Crippen molar-refractivity contribution in [3.8, 4) is 0 Å². The van der Waals surface area contributed by atoms with E-state index in [4.69, 9.17) is 10.4 Å². The summed E-state index contributed by atoms with van der Waals surface area (Å²) in [6, 6.07) is 9.20. The van der Waals surface area contributed by atoms with Gasteiger partial charge in [0.2, 0.25) is 0 Å². The fraction of sp³-hybridized carbons (Fsp3) is 0.643. The molecule has 2 atom stereocenters. The molecule has 5 rings (SSSR count). The van der Waals surface area contributed by atoms with Gasteiger partial charge in [0.25, 0.3) is 0 Å². The number of aryl methyl sites for hydroxylation is 1. The summed E-state index contributed by atoms with van der Waals surface area (Å²) in [5.74, 6) is 4.95. The van der Waals surface area contributed by atoms with Crippen molar-refractivity contribution in [3.63, 3.8) is 0 Å². The predicted octanol–water partition coefficient (Wildman–Crippen LogP) is 7.20. The molecule has 2 heterocycles. The highest BCUT2D eigenvalue weighted by Crippen LogP contribution is 2.38. The Hall–Kier alpha value is -2.10. The molecule has 0 radical (unpaired) electrons. The molecule has 2 unspecified atom stereocenters. The van der Waals surface area contributed by atoms with Crippen LogP contribution >= 0.6 is 0 Å². The number of anilines is 1. The van der Waals surface area contributed by atoms with Crippen LogP contribution in [0.2, 0.25) is 0 Å². The monoisotopic (exact) mass is 438 g/mol. The fourth-order valence-corrected chi connectivity index (χ4v) is 4.59. The first kappa shape index (κ1) is 26.2. The van der Waals surface area contributed by atoms with Crippen LogP contribution in [0.4, 0.5) is 5.82 Å². The molecule has 1 aromatic carbocycles. The van der Waals surface area contributed by atoms with Crippen molar-refractivity contribution in [2.75, 3.05) is 11.9 Å². The first-order valence-corrected chi connectivity index (χ1v) is 12.9. The van der Waals surface area contributed by atoms with Crippen molar-refractivity contribution in [2.45, 2.75) is 86.0 Å². The molecule has 1 aliphatic heterocycles. The summed E-state index contributed by atoms with van der Waals surface area (Å²) >= 11 is 0. The molecular weight excluding hydrogens is 392 g/mol. The second-order valence-electron chi connectivity index (χ2n) is 9.77. The minimum atomic E-state index is 0.750. The summed E-state index contributed by atoms with van der Waals surface area (Å²) in [7, 11) is 0. The number of hydrogen-bond acceptors (Lipinski definition) is 3. The minimum Gasteiger partial charge on any atom is -0.390 e. The van der Waals surface area contributed by atoms with Crippen molar-refractivity contribution in [1.29, 1.82) is 5.41 Å². The van der Waals surface area contributed by atoms with Gasteiger partial charge in [-0.25, -0.2) is 4.98 Å². The maximum absolute atomic E-state index is 5.86. The van der Waals surface area contributed by atoms with Gasteiger partial charge in [0.15, 0.2) is 0 Å². The molecule has 1 aromatic heterocycles. The van der Waals surface area contributed by atoms with Gasteiger partial charge in [-0.15, -0.1) is 0 Å². The van der Waals surface area contributed by atoms with Gasteiger partial charge < -0.3 is 11.1 Å². The maximum Gasteiger partial charge on any atom is 0.129 e. The van der Waals surface area contributed by atoms with E-state index in [2.05, 4.69) is 56.1 Å². The first-order chi connectivity index (χ1) is 15.5. The molecule has 4 heteroatoms. The van der Waals surface area contributed by atoms with Gasteiger partial charge in [0, 0.05) is 11.9 Å². The number of aromatic nitrogens is 1. The Bertz CT molecular complexity index is 826. The Balaban J connectivity index is 0.000000345. The second-order valence-corrected chi connectivity index (χ2v) is 9.77. The predicted molar refractivity (Wildman–Crippen MR) is 141 cm³/mol. The molecular formula is C28H46N4. The largest absolute Gasteiger partial charge is 0.390 e. The van der Waals surface area contributed by atoms with E-state index in [1.807, 2.05) is 13.8 Å². The minimum absolute atomic E-state index is 0.750. The Morgan fingerprint density at radius 2 is 1.84 bits per heavy atom. The van der Waals surface area contributed by atoms with Crippen molar-refractivity contribution in [2.24, 2.45) is 29.4 Å². The highest BCUT2D eigenvalue weighted by atomic mass is 15.0. The van der Waals surface area contributed by atoms with E-state index in [1.165, 1.54) is 61.5 Å². The van der Waals surface area contributed by atoms with E-state index in [-0.39, 0.29) is 0 Å². The van der Waals surface area contributed by atoms with E-state index in [0.717, 1.165) is 54.3 Å². The number of pyridine rings is 1. The van der Waals surface area contributed by atoms with Gasteiger partial charge in [-0.05, 0) is 79.0 Å². The van der Waals surface area contributed by atoms with Crippen LogP contribution in [0, 0.1) is 29.1 Å². The molecule has 4 nitrogen and oxygen atoms in total. The maximum atomic E-state index is 5.86. The lowest BCUT2D eigenvalue weighted by Crippen LogP contribution is -2.04. The summed E-state index contributed by atoms with van der Waals surface area (Å²) in [5.41, 5.74) is 8.37. The number of hydrogen-bond donors (Lipinski definition) is 3. The van der Waals surface area contributed by atoms with E-state index in [9.17, 15) is 0 Å². The lowest BCUT2D eigenvalue weighted by atomic mass is 9.91. The summed E-state index contributed by atoms with van der Waals surface area (Å²) < 4.78 is 0. The molecule has 178 valence electrons. The summed E-state index contributed by atoms with van der Waals surface area (Å²) in [6.07, 6.45) is 11.7. The highest BCUT2D eigenvalue weighted by molar-refractivity contribution is 5.83. The number of nitrogens with one attached hydrogen (secondary N) is 2. The smallest absolute Gasteiger partial charge is 0.129 e. The van der Waals surface area contributed by atoms with Gasteiger partial charge in [-0.3, -0.25) is 5.41 Å². The average Bonchev–Trinajstić information content (AvgIpc) is 3.25. The van der Waals surface area contributed by atoms with Crippen LogP contribution in [0.15, 0.2) is 24.3 Å². The third-order valence-electron chi connectivity index (χ3n) is 6.88. The Labute approximate surface area is 196 Å². The molecule has 0 bridgehead atoms. The fourth-order valence-electron chi connectivity index (χ4n) is 4.59. The number of fused-ring (bicyclic) bond motifs is 2. The third-order valence-corrected chi connectivity index (χ3v) is 6.88. The molecule has 0 amide bonds. The van der Waals surface area contributed by atoms with E-state index >= 15 is 0 Å². The first-order valence-electron chi connectivity index (χ1n) is 12.9. The summed E-state index contributed by atoms with van der Waals surface area (Å²) in [6.45, 7) is 12.1. The second kappa shape index (κ2) is 13.4. The number of nitrogens with zero attached hydrogens (tertiary/aromatic N) is 1. The number of nitrogens with two attached hydrogens (primary N) is 1. The van der Waals surface area contributed by atoms with Crippen LogP contribution in [-0.2, 0) is 12.8 Å². The summed E-state index contributed by atoms with van der Waals surface area (Å²) in [5, 5.41) is 10.5. The molecule has 2 aromatic rings. The van der Waals surface area contributed by atoms with Crippen molar-refractivity contribution in [1.82, 2.24) is 4.98 Å². The zero-order chi connectivity index (χ0) is 23.5. The Morgan fingerprint density at radius 1 is 1.16 bits per heavy atom. The zero-order valence-electron chi connectivity index (χ0n) is 21.1.